The van der Waals surface area contributed by atoms with Crippen LogP contribution in [-0.4, -0.2) is 6.17 Å². The van der Waals surface area contributed by atoms with Crippen molar-refractivity contribution in [2.45, 2.75) is 51.1 Å². The lowest BCUT2D eigenvalue weighted by molar-refractivity contribution is 0.235. The van der Waals surface area contributed by atoms with E-state index in [1.807, 2.05) is 0 Å². The highest BCUT2D eigenvalue weighted by molar-refractivity contribution is 5.25. The van der Waals surface area contributed by atoms with Gasteiger partial charge >= 0.3 is 0 Å². The number of alkyl halides is 1. The van der Waals surface area contributed by atoms with Crippen molar-refractivity contribution in [3.05, 3.63) is 35.4 Å². The van der Waals surface area contributed by atoms with Crippen molar-refractivity contribution in [3.63, 3.8) is 0 Å². The second-order valence-electron chi connectivity index (χ2n) is 4.54. The lowest BCUT2D eigenvalue weighted by atomic mass is 9.83. The van der Waals surface area contributed by atoms with Gasteiger partial charge in [0.15, 0.2) is 0 Å². The van der Waals surface area contributed by atoms with Gasteiger partial charge in [0.2, 0.25) is 0 Å². The van der Waals surface area contributed by atoms with Gasteiger partial charge in [-0.3, -0.25) is 0 Å². The van der Waals surface area contributed by atoms with Crippen molar-refractivity contribution in [1.29, 1.82) is 0 Å². The lowest BCUT2D eigenvalue weighted by Gasteiger charge is -2.24. The average Bonchev–Trinajstić information content (AvgIpc) is 2.30. The molecule has 0 spiro atoms. The molecule has 0 aromatic heterocycles. The van der Waals surface area contributed by atoms with Crippen LogP contribution in [0.5, 0.6) is 0 Å². The monoisotopic (exact) mass is 206 g/mol. The van der Waals surface area contributed by atoms with Crippen molar-refractivity contribution in [1.82, 2.24) is 0 Å². The van der Waals surface area contributed by atoms with Crippen molar-refractivity contribution in [3.8, 4) is 0 Å². The molecule has 15 heavy (non-hydrogen) atoms. The molecule has 0 unspecified atom stereocenters. The summed E-state index contributed by atoms with van der Waals surface area (Å²) in [5.74, 6) is 0.600. The van der Waals surface area contributed by atoms with E-state index < -0.39 is 6.17 Å². The first-order chi connectivity index (χ1) is 7.29. The second-order valence-corrected chi connectivity index (χ2v) is 4.54. The van der Waals surface area contributed by atoms with Crippen LogP contribution in [0.1, 0.15) is 49.7 Å². The van der Waals surface area contributed by atoms with Crippen LogP contribution in [0.4, 0.5) is 4.39 Å². The van der Waals surface area contributed by atoms with Crippen LogP contribution in [0.2, 0.25) is 0 Å². The highest BCUT2D eigenvalue weighted by atomic mass is 19.1. The van der Waals surface area contributed by atoms with Crippen LogP contribution < -0.4 is 0 Å². The third kappa shape index (κ3) is 2.58. The largest absolute Gasteiger partial charge is 0.247 e. The molecule has 1 saturated carbocycles. The Morgan fingerprint density at radius 3 is 2.20 bits per heavy atom. The summed E-state index contributed by atoms with van der Waals surface area (Å²) in [5.41, 5.74) is 2.79. The van der Waals surface area contributed by atoms with Crippen LogP contribution in [0, 0.1) is 0 Å². The molecule has 1 aromatic rings. The highest BCUT2D eigenvalue weighted by Gasteiger charge is 2.21. The SMILES string of the molecule is CCc1ccc(C2CCC(F)CC2)cc1. The van der Waals surface area contributed by atoms with Gasteiger partial charge in [0.1, 0.15) is 6.17 Å². The Morgan fingerprint density at radius 1 is 1.07 bits per heavy atom. The fraction of sp³-hybridized carbons (Fsp3) is 0.571. The third-order valence-corrected chi connectivity index (χ3v) is 3.52. The minimum atomic E-state index is -0.545. The maximum Gasteiger partial charge on any atom is 0.100 e. The standard InChI is InChI=1S/C14H19F/c1-2-11-3-5-12(6-4-11)13-7-9-14(15)10-8-13/h3-6,13-14H,2,7-10H2,1H3. The van der Waals surface area contributed by atoms with Gasteiger partial charge in [-0.05, 0) is 49.1 Å². The van der Waals surface area contributed by atoms with Crippen LogP contribution in [0.15, 0.2) is 24.3 Å². The van der Waals surface area contributed by atoms with Crippen LogP contribution in [-0.2, 0) is 6.42 Å². The first kappa shape index (κ1) is 10.7. The predicted molar refractivity (Wildman–Crippen MR) is 61.9 cm³/mol. The number of hydrogen-bond donors (Lipinski definition) is 0. The maximum atomic E-state index is 13.0. The summed E-state index contributed by atoms with van der Waals surface area (Å²) < 4.78 is 13.0. The van der Waals surface area contributed by atoms with Gasteiger partial charge < -0.3 is 0 Å². The molecule has 0 N–H and O–H groups in total. The molecule has 1 heteroatoms. The molecule has 0 saturated heterocycles. The van der Waals surface area contributed by atoms with Crippen molar-refractivity contribution in [2.24, 2.45) is 0 Å². The molecular formula is C14H19F. The average molecular weight is 206 g/mol. The fourth-order valence-electron chi connectivity index (χ4n) is 2.41. The smallest absolute Gasteiger partial charge is 0.100 e. The molecule has 0 nitrogen and oxygen atoms in total. The number of aryl methyl sites for hydroxylation is 1. The van der Waals surface area contributed by atoms with E-state index in [1.165, 1.54) is 11.1 Å². The summed E-state index contributed by atoms with van der Waals surface area (Å²) >= 11 is 0. The predicted octanol–water partition coefficient (Wildman–Crippen LogP) is 4.24. The summed E-state index contributed by atoms with van der Waals surface area (Å²) in [7, 11) is 0. The van der Waals surface area contributed by atoms with Crippen molar-refractivity contribution >= 4 is 0 Å². The molecule has 2 rings (SSSR count). The van der Waals surface area contributed by atoms with Crippen LogP contribution >= 0.6 is 0 Å². The molecule has 0 aliphatic heterocycles. The van der Waals surface area contributed by atoms with E-state index in [2.05, 4.69) is 31.2 Å². The molecule has 0 heterocycles. The molecule has 1 aromatic carbocycles. The molecular weight excluding hydrogens is 187 g/mol. The zero-order chi connectivity index (χ0) is 10.7. The molecule has 0 atom stereocenters. The molecule has 1 aliphatic rings. The molecule has 0 bridgehead atoms. The van der Waals surface area contributed by atoms with Gasteiger partial charge in [-0.1, -0.05) is 31.2 Å². The Labute approximate surface area is 91.5 Å². The number of rotatable bonds is 2. The van der Waals surface area contributed by atoms with Gasteiger partial charge in [-0.15, -0.1) is 0 Å². The molecule has 0 amide bonds. The van der Waals surface area contributed by atoms with Gasteiger partial charge in [-0.2, -0.15) is 0 Å². The topological polar surface area (TPSA) is 0 Å². The first-order valence-electron chi connectivity index (χ1n) is 6.02. The van der Waals surface area contributed by atoms with Gasteiger partial charge in [0.25, 0.3) is 0 Å². The summed E-state index contributed by atoms with van der Waals surface area (Å²) in [5, 5.41) is 0. The highest BCUT2D eigenvalue weighted by Crippen LogP contribution is 2.33. The van der Waals surface area contributed by atoms with E-state index in [0.29, 0.717) is 5.92 Å². The Bertz CT molecular complexity index is 294. The second kappa shape index (κ2) is 4.78. The van der Waals surface area contributed by atoms with E-state index in [1.54, 1.807) is 0 Å². The normalized spacial score (nSPS) is 26.5. The molecule has 1 aliphatic carbocycles. The van der Waals surface area contributed by atoms with E-state index in [-0.39, 0.29) is 0 Å². The fourth-order valence-corrected chi connectivity index (χ4v) is 2.41. The van der Waals surface area contributed by atoms with E-state index in [0.717, 1.165) is 32.1 Å². The number of hydrogen-bond acceptors (Lipinski definition) is 0. The Balaban J connectivity index is 2.03. The van der Waals surface area contributed by atoms with E-state index >= 15 is 0 Å². The van der Waals surface area contributed by atoms with E-state index in [9.17, 15) is 4.39 Å². The van der Waals surface area contributed by atoms with Crippen molar-refractivity contribution in [2.75, 3.05) is 0 Å². The minimum absolute atomic E-state index is 0.545. The van der Waals surface area contributed by atoms with Gasteiger partial charge in [-0.25, -0.2) is 4.39 Å². The summed E-state index contributed by atoms with van der Waals surface area (Å²) in [4.78, 5) is 0. The summed E-state index contributed by atoms with van der Waals surface area (Å²) in [6.45, 7) is 2.17. The molecule has 82 valence electrons. The lowest BCUT2D eigenvalue weighted by Crippen LogP contribution is -2.13. The zero-order valence-corrected chi connectivity index (χ0v) is 9.38. The Kier molecular flexibility index (Phi) is 3.40. The molecule has 1 fully saturated rings. The summed E-state index contributed by atoms with van der Waals surface area (Å²) in [6.07, 6.45) is 4.09. The van der Waals surface area contributed by atoms with Crippen molar-refractivity contribution < 1.29 is 4.39 Å². The Morgan fingerprint density at radius 2 is 1.67 bits per heavy atom. The third-order valence-electron chi connectivity index (χ3n) is 3.52. The summed E-state index contributed by atoms with van der Waals surface area (Å²) in [6, 6.07) is 8.86. The van der Waals surface area contributed by atoms with E-state index in [4.69, 9.17) is 0 Å². The quantitative estimate of drug-likeness (QED) is 0.678. The Hall–Kier alpha value is -0.850. The number of halogens is 1. The zero-order valence-electron chi connectivity index (χ0n) is 9.38. The first-order valence-corrected chi connectivity index (χ1v) is 6.02. The maximum absolute atomic E-state index is 13.0. The minimum Gasteiger partial charge on any atom is -0.247 e. The molecule has 0 radical (unpaired) electrons. The van der Waals surface area contributed by atoms with Gasteiger partial charge in [0, 0.05) is 0 Å². The van der Waals surface area contributed by atoms with Crippen LogP contribution in [0.3, 0.4) is 0 Å². The van der Waals surface area contributed by atoms with Gasteiger partial charge in [0.05, 0.1) is 0 Å². The number of benzene rings is 1. The van der Waals surface area contributed by atoms with Crippen LogP contribution in [0.25, 0.3) is 0 Å².